The largest absolute Gasteiger partial charge is 0.468 e. The van der Waals surface area contributed by atoms with Crippen LogP contribution in [0.5, 0.6) is 0 Å². The second kappa shape index (κ2) is 7.41. The highest BCUT2D eigenvalue weighted by atomic mass is 79.9. The lowest BCUT2D eigenvalue weighted by atomic mass is 9.82. The molecular weight excluding hydrogens is 332 g/mol. The summed E-state index contributed by atoms with van der Waals surface area (Å²) in [5.41, 5.74) is 1.28. The predicted octanol–water partition coefficient (Wildman–Crippen LogP) is 3.86. The highest BCUT2D eigenvalue weighted by Crippen LogP contribution is 2.28. The topological polar surface area (TPSA) is 35.5 Å². The molecule has 0 fully saturated rings. The second-order valence-electron chi connectivity index (χ2n) is 6.48. The fourth-order valence-electron chi connectivity index (χ4n) is 2.04. The van der Waals surface area contributed by atoms with Crippen molar-refractivity contribution in [3.8, 4) is 0 Å². The molecule has 1 unspecified atom stereocenters. The minimum absolute atomic E-state index is 0.0314. The predicted molar refractivity (Wildman–Crippen MR) is 88.9 cm³/mol. The van der Waals surface area contributed by atoms with Gasteiger partial charge in [0.1, 0.15) is 5.41 Å². The van der Waals surface area contributed by atoms with Crippen LogP contribution in [0.4, 0.5) is 0 Å². The third kappa shape index (κ3) is 4.82. The van der Waals surface area contributed by atoms with Gasteiger partial charge in [-0.2, -0.15) is 0 Å². The SMILES string of the molecule is COC(=O)C(C)(COCC(C)(C)CBr)c1cccc(C)c1. The summed E-state index contributed by atoms with van der Waals surface area (Å²) in [4.78, 5) is 12.3. The Morgan fingerprint density at radius 3 is 2.43 bits per heavy atom. The van der Waals surface area contributed by atoms with Crippen LogP contribution in [0.15, 0.2) is 24.3 Å². The van der Waals surface area contributed by atoms with Crippen LogP contribution in [0, 0.1) is 12.3 Å². The van der Waals surface area contributed by atoms with Crippen molar-refractivity contribution >= 4 is 21.9 Å². The molecule has 1 rings (SSSR count). The van der Waals surface area contributed by atoms with Crippen molar-refractivity contribution in [2.24, 2.45) is 5.41 Å². The van der Waals surface area contributed by atoms with E-state index < -0.39 is 5.41 Å². The molecule has 0 bridgehead atoms. The number of alkyl halides is 1. The average Bonchev–Trinajstić information content (AvgIpc) is 2.46. The van der Waals surface area contributed by atoms with Crippen LogP contribution < -0.4 is 0 Å². The van der Waals surface area contributed by atoms with Crippen LogP contribution in [-0.2, 0) is 19.7 Å². The first-order valence-electron chi connectivity index (χ1n) is 7.04. The van der Waals surface area contributed by atoms with Gasteiger partial charge in [0.2, 0.25) is 0 Å². The van der Waals surface area contributed by atoms with Gasteiger partial charge < -0.3 is 9.47 Å². The van der Waals surface area contributed by atoms with E-state index in [-0.39, 0.29) is 11.4 Å². The molecule has 1 atom stereocenters. The molecule has 0 saturated carbocycles. The van der Waals surface area contributed by atoms with Crippen LogP contribution >= 0.6 is 15.9 Å². The molecule has 1 aromatic carbocycles. The molecule has 0 aliphatic heterocycles. The molecule has 21 heavy (non-hydrogen) atoms. The zero-order chi connectivity index (χ0) is 16.1. The van der Waals surface area contributed by atoms with E-state index >= 15 is 0 Å². The molecule has 0 amide bonds. The van der Waals surface area contributed by atoms with E-state index in [1.54, 1.807) is 0 Å². The van der Waals surface area contributed by atoms with E-state index in [0.717, 1.165) is 16.5 Å². The van der Waals surface area contributed by atoms with E-state index in [0.29, 0.717) is 13.2 Å². The van der Waals surface area contributed by atoms with Crippen LogP contribution in [0.1, 0.15) is 31.9 Å². The summed E-state index contributed by atoms with van der Waals surface area (Å²) in [7, 11) is 1.42. The maximum atomic E-state index is 12.3. The van der Waals surface area contributed by atoms with Gasteiger partial charge in [-0.1, -0.05) is 59.6 Å². The van der Waals surface area contributed by atoms with Gasteiger partial charge in [-0.25, -0.2) is 0 Å². The van der Waals surface area contributed by atoms with E-state index in [1.165, 1.54) is 7.11 Å². The maximum Gasteiger partial charge on any atom is 0.318 e. The van der Waals surface area contributed by atoms with Gasteiger partial charge >= 0.3 is 5.97 Å². The van der Waals surface area contributed by atoms with Crippen molar-refractivity contribution < 1.29 is 14.3 Å². The van der Waals surface area contributed by atoms with Gasteiger partial charge in [-0.3, -0.25) is 4.79 Å². The summed E-state index contributed by atoms with van der Waals surface area (Å²) in [6.07, 6.45) is 0. The standard InChI is InChI=1S/C17H25BrO3/c1-13-7-6-8-14(9-13)17(4,15(19)20-5)12-21-11-16(2,3)10-18/h6-9H,10-12H2,1-5H3. The fourth-order valence-corrected chi connectivity index (χ4v) is 2.21. The number of methoxy groups -OCH3 is 1. The Balaban J connectivity index is 2.92. The summed E-state index contributed by atoms with van der Waals surface area (Å²) in [6, 6.07) is 7.92. The summed E-state index contributed by atoms with van der Waals surface area (Å²) in [5, 5.41) is 0.847. The van der Waals surface area contributed by atoms with Crippen molar-refractivity contribution in [3.63, 3.8) is 0 Å². The Hall–Kier alpha value is -0.870. The molecule has 0 saturated heterocycles. The average molecular weight is 357 g/mol. The molecular formula is C17H25BrO3. The zero-order valence-electron chi connectivity index (χ0n) is 13.5. The number of carbonyl (C=O) groups is 1. The van der Waals surface area contributed by atoms with Gasteiger partial charge in [0.15, 0.2) is 0 Å². The lowest BCUT2D eigenvalue weighted by Crippen LogP contribution is -2.39. The van der Waals surface area contributed by atoms with Crippen LogP contribution in [0.25, 0.3) is 0 Å². The number of carbonyl (C=O) groups excluding carboxylic acids is 1. The lowest BCUT2D eigenvalue weighted by molar-refractivity contribution is -0.150. The highest BCUT2D eigenvalue weighted by Gasteiger charge is 2.37. The van der Waals surface area contributed by atoms with E-state index in [4.69, 9.17) is 9.47 Å². The number of aryl methyl sites for hydroxylation is 1. The molecule has 3 nitrogen and oxygen atoms in total. The first kappa shape index (κ1) is 18.2. The maximum absolute atomic E-state index is 12.3. The van der Waals surface area contributed by atoms with Gasteiger partial charge in [-0.05, 0) is 24.8 Å². The van der Waals surface area contributed by atoms with Crippen molar-refractivity contribution in [1.82, 2.24) is 0 Å². The molecule has 0 aliphatic rings. The molecule has 0 spiro atoms. The third-order valence-corrected chi connectivity index (χ3v) is 5.05. The number of rotatable bonds is 7. The lowest BCUT2D eigenvalue weighted by Gasteiger charge is -2.29. The van der Waals surface area contributed by atoms with Crippen molar-refractivity contribution in [2.45, 2.75) is 33.1 Å². The fraction of sp³-hybridized carbons (Fsp3) is 0.588. The molecule has 1 aromatic rings. The Morgan fingerprint density at radius 1 is 1.24 bits per heavy atom. The van der Waals surface area contributed by atoms with E-state index in [1.807, 2.05) is 38.1 Å². The summed E-state index contributed by atoms with van der Waals surface area (Å²) in [5.74, 6) is -0.273. The Labute approximate surface area is 136 Å². The number of halogens is 1. The van der Waals surface area contributed by atoms with Gasteiger partial charge in [0, 0.05) is 5.33 Å². The zero-order valence-corrected chi connectivity index (χ0v) is 15.1. The Morgan fingerprint density at radius 2 is 1.90 bits per heavy atom. The summed E-state index contributed by atoms with van der Waals surface area (Å²) in [6.45, 7) is 8.99. The number of ether oxygens (including phenoxy) is 2. The number of hydrogen-bond acceptors (Lipinski definition) is 3. The molecule has 4 heteroatoms. The summed E-state index contributed by atoms with van der Waals surface area (Å²) < 4.78 is 10.8. The quantitative estimate of drug-likeness (QED) is 0.549. The van der Waals surface area contributed by atoms with E-state index in [9.17, 15) is 4.79 Å². The minimum atomic E-state index is -0.789. The molecule has 0 aliphatic carbocycles. The molecule has 0 aromatic heterocycles. The molecule has 118 valence electrons. The smallest absolute Gasteiger partial charge is 0.318 e. The highest BCUT2D eigenvalue weighted by molar-refractivity contribution is 9.09. The number of hydrogen-bond donors (Lipinski definition) is 0. The summed E-state index contributed by atoms with van der Waals surface area (Å²) >= 11 is 3.48. The Kier molecular flexibility index (Phi) is 6.41. The molecule has 0 radical (unpaired) electrons. The first-order chi connectivity index (χ1) is 9.75. The van der Waals surface area contributed by atoms with E-state index in [2.05, 4.69) is 29.8 Å². The monoisotopic (exact) mass is 356 g/mol. The van der Waals surface area contributed by atoms with Crippen LogP contribution in [0.3, 0.4) is 0 Å². The van der Waals surface area contributed by atoms with Gasteiger partial charge in [-0.15, -0.1) is 0 Å². The normalized spacial score (nSPS) is 14.6. The van der Waals surface area contributed by atoms with Crippen LogP contribution in [-0.4, -0.2) is 31.6 Å². The minimum Gasteiger partial charge on any atom is -0.468 e. The van der Waals surface area contributed by atoms with Gasteiger partial charge in [0.25, 0.3) is 0 Å². The molecule has 0 N–H and O–H groups in total. The molecule has 0 heterocycles. The van der Waals surface area contributed by atoms with Gasteiger partial charge in [0.05, 0.1) is 20.3 Å². The number of benzene rings is 1. The van der Waals surface area contributed by atoms with Crippen molar-refractivity contribution in [1.29, 1.82) is 0 Å². The van der Waals surface area contributed by atoms with Crippen molar-refractivity contribution in [2.75, 3.05) is 25.7 Å². The number of esters is 1. The van der Waals surface area contributed by atoms with Crippen molar-refractivity contribution in [3.05, 3.63) is 35.4 Å². The second-order valence-corrected chi connectivity index (χ2v) is 7.04. The Bertz CT molecular complexity index is 485. The third-order valence-electron chi connectivity index (χ3n) is 3.54. The first-order valence-corrected chi connectivity index (χ1v) is 8.16. The van der Waals surface area contributed by atoms with Crippen LogP contribution in [0.2, 0.25) is 0 Å².